The van der Waals surface area contributed by atoms with E-state index in [9.17, 15) is 9.18 Å². The molecule has 0 aliphatic heterocycles. The van der Waals surface area contributed by atoms with Crippen LogP contribution in [0.25, 0.3) is 11.1 Å². The highest BCUT2D eigenvalue weighted by atomic mass is 19.1. The Morgan fingerprint density at radius 3 is 3.05 bits per heavy atom. The zero-order valence-corrected chi connectivity index (χ0v) is 10.9. The average molecular weight is 286 g/mol. The molecule has 0 aliphatic carbocycles. The molecule has 0 saturated carbocycles. The van der Waals surface area contributed by atoms with Crippen molar-refractivity contribution in [3.8, 4) is 5.75 Å². The van der Waals surface area contributed by atoms with Crippen molar-refractivity contribution < 1.29 is 18.3 Å². The summed E-state index contributed by atoms with van der Waals surface area (Å²) in [6.45, 7) is -0.210. The first kappa shape index (κ1) is 13.1. The zero-order valence-electron chi connectivity index (χ0n) is 10.9. The highest BCUT2D eigenvalue weighted by molar-refractivity contribution is 5.93. The third kappa shape index (κ3) is 3.17. The number of anilines is 1. The van der Waals surface area contributed by atoms with Gasteiger partial charge in [0.1, 0.15) is 17.1 Å². The van der Waals surface area contributed by atoms with Gasteiger partial charge in [-0.1, -0.05) is 6.07 Å². The smallest absolute Gasteiger partial charge is 0.262 e. The SMILES string of the molecule is O=C(COc1cccc(F)c1)Nc1ccc2ncoc2c1. The molecule has 1 heterocycles. The molecule has 0 saturated heterocycles. The van der Waals surface area contributed by atoms with Crippen molar-refractivity contribution in [3.63, 3.8) is 0 Å². The summed E-state index contributed by atoms with van der Waals surface area (Å²) < 4.78 is 23.3. The zero-order chi connectivity index (χ0) is 14.7. The van der Waals surface area contributed by atoms with Gasteiger partial charge in [0.05, 0.1) is 0 Å². The number of amides is 1. The number of carbonyl (C=O) groups is 1. The van der Waals surface area contributed by atoms with Gasteiger partial charge in [-0.3, -0.25) is 4.79 Å². The van der Waals surface area contributed by atoms with Crippen LogP contribution in [-0.4, -0.2) is 17.5 Å². The summed E-state index contributed by atoms with van der Waals surface area (Å²) in [7, 11) is 0. The summed E-state index contributed by atoms with van der Waals surface area (Å²) in [5.41, 5.74) is 1.87. The molecule has 106 valence electrons. The van der Waals surface area contributed by atoms with Gasteiger partial charge < -0.3 is 14.5 Å². The lowest BCUT2D eigenvalue weighted by Gasteiger charge is -2.07. The fourth-order valence-corrected chi connectivity index (χ4v) is 1.84. The normalized spacial score (nSPS) is 10.5. The number of ether oxygens (including phenoxy) is 1. The maximum absolute atomic E-state index is 13.0. The Morgan fingerprint density at radius 1 is 1.29 bits per heavy atom. The average Bonchev–Trinajstić information content (AvgIpc) is 2.93. The van der Waals surface area contributed by atoms with Crippen molar-refractivity contribution in [3.05, 3.63) is 54.7 Å². The Kier molecular flexibility index (Phi) is 3.51. The van der Waals surface area contributed by atoms with E-state index in [1.165, 1.54) is 24.6 Å². The number of hydrogen-bond acceptors (Lipinski definition) is 4. The summed E-state index contributed by atoms with van der Waals surface area (Å²) in [6, 6.07) is 10.7. The van der Waals surface area contributed by atoms with Gasteiger partial charge in [0.15, 0.2) is 18.6 Å². The molecule has 0 spiro atoms. The second kappa shape index (κ2) is 5.62. The van der Waals surface area contributed by atoms with Crippen molar-refractivity contribution in [2.75, 3.05) is 11.9 Å². The Bertz CT molecular complexity index is 785. The minimum Gasteiger partial charge on any atom is -0.484 e. The van der Waals surface area contributed by atoms with Crippen LogP contribution in [0.15, 0.2) is 53.3 Å². The number of nitrogens with one attached hydrogen (secondary N) is 1. The molecular formula is C15H11FN2O3. The number of aromatic nitrogens is 1. The Hall–Kier alpha value is -2.89. The van der Waals surface area contributed by atoms with Gasteiger partial charge in [-0.05, 0) is 24.3 Å². The maximum Gasteiger partial charge on any atom is 0.262 e. The van der Waals surface area contributed by atoms with Gasteiger partial charge in [-0.2, -0.15) is 0 Å². The van der Waals surface area contributed by atoms with Crippen LogP contribution in [0.3, 0.4) is 0 Å². The van der Waals surface area contributed by atoms with Crippen LogP contribution in [0.4, 0.5) is 10.1 Å². The number of oxazole rings is 1. The van der Waals surface area contributed by atoms with Crippen molar-refractivity contribution in [1.82, 2.24) is 4.98 Å². The van der Waals surface area contributed by atoms with Gasteiger partial charge in [0.2, 0.25) is 0 Å². The number of halogens is 1. The van der Waals surface area contributed by atoms with Crippen LogP contribution >= 0.6 is 0 Å². The van der Waals surface area contributed by atoms with E-state index < -0.39 is 5.82 Å². The van der Waals surface area contributed by atoms with Crippen LogP contribution in [0.2, 0.25) is 0 Å². The first-order valence-corrected chi connectivity index (χ1v) is 6.22. The highest BCUT2D eigenvalue weighted by Crippen LogP contribution is 2.18. The number of hydrogen-bond donors (Lipinski definition) is 1. The van der Waals surface area contributed by atoms with E-state index in [2.05, 4.69) is 10.3 Å². The van der Waals surface area contributed by atoms with Crippen LogP contribution in [-0.2, 0) is 4.79 Å². The lowest BCUT2D eigenvalue weighted by atomic mass is 10.3. The van der Waals surface area contributed by atoms with Gasteiger partial charge in [0, 0.05) is 17.8 Å². The third-order valence-corrected chi connectivity index (χ3v) is 2.78. The van der Waals surface area contributed by atoms with Crippen molar-refractivity contribution >= 4 is 22.7 Å². The number of benzene rings is 2. The van der Waals surface area contributed by atoms with Gasteiger partial charge in [-0.25, -0.2) is 9.37 Å². The number of fused-ring (bicyclic) bond motifs is 1. The van der Waals surface area contributed by atoms with Crippen molar-refractivity contribution in [2.24, 2.45) is 0 Å². The Labute approximate surface area is 119 Å². The van der Waals surface area contributed by atoms with E-state index in [0.717, 1.165) is 0 Å². The van der Waals surface area contributed by atoms with Crippen LogP contribution in [0.1, 0.15) is 0 Å². The van der Waals surface area contributed by atoms with E-state index in [1.807, 2.05) is 0 Å². The second-order valence-electron chi connectivity index (χ2n) is 4.33. The fraction of sp³-hybridized carbons (Fsp3) is 0.0667. The molecule has 6 heteroatoms. The van der Waals surface area contributed by atoms with Gasteiger partial charge in [0.25, 0.3) is 5.91 Å². The standard InChI is InChI=1S/C15H11FN2O3/c16-10-2-1-3-12(6-10)20-8-15(19)18-11-4-5-13-14(7-11)21-9-17-13/h1-7,9H,8H2,(H,18,19). The number of carbonyl (C=O) groups excluding carboxylic acids is 1. The molecular weight excluding hydrogens is 275 g/mol. The minimum absolute atomic E-state index is 0.210. The lowest BCUT2D eigenvalue weighted by Crippen LogP contribution is -2.20. The number of rotatable bonds is 4. The first-order valence-electron chi connectivity index (χ1n) is 6.22. The van der Waals surface area contributed by atoms with E-state index in [0.29, 0.717) is 22.5 Å². The molecule has 1 N–H and O–H groups in total. The largest absolute Gasteiger partial charge is 0.484 e. The molecule has 3 aromatic rings. The van der Waals surface area contributed by atoms with Gasteiger partial charge >= 0.3 is 0 Å². The molecule has 0 fully saturated rings. The molecule has 5 nitrogen and oxygen atoms in total. The maximum atomic E-state index is 13.0. The molecule has 3 rings (SSSR count). The molecule has 0 unspecified atom stereocenters. The third-order valence-electron chi connectivity index (χ3n) is 2.78. The monoisotopic (exact) mass is 286 g/mol. The predicted octanol–water partition coefficient (Wildman–Crippen LogP) is 2.98. The molecule has 0 radical (unpaired) electrons. The van der Waals surface area contributed by atoms with Crippen LogP contribution in [0.5, 0.6) is 5.75 Å². The molecule has 0 bridgehead atoms. The fourth-order valence-electron chi connectivity index (χ4n) is 1.84. The molecule has 1 amide bonds. The highest BCUT2D eigenvalue weighted by Gasteiger charge is 2.06. The minimum atomic E-state index is -0.413. The summed E-state index contributed by atoms with van der Waals surface area (Å²) in [4.78, 5) is 15.8. The van der Waals surface area contributed by atoms with Crippen LogP contribution < -0.4 is 10.1 Å². The van der Waals surface area contributed by atoms with E-state index in [4.69, 9.17) is 9.15 Å². The van der Waals surface area contributed by atoms with Crippen molar-refractivity contribution in [2.45, 2.75) is 0 Å². The van der Waals surface area contributed by atoms with Crippen LogP contribution in [0, 0.1) is 5.82 Å². The molecule has 1 aromatic heterocycles. The Morgan fingerprint density at radius 2 is 2.19 bits per heavy atom. The van der Waals surface area contributed by atoms with Gasteiger partial charge in [-0.15, -0.1) is 0 Å². The summed E-state index contributed by atoms with van der Waals surface area (Å²) in [5.74, 6) is -0.461. The second-order valence-corrected chi connectivity index (χ2v) is 4.33. The Balaban J connectivity index is 1.60. The van der Waals surface area contributed by atoms with E-state index >= 15 is 0 Å². The molecule has 0 atom stereocenters. The topological polar surface area (TPSA) is 64.4 Å². The molecule has 21 heavy (non-hydrogen) atoms. The summed E-state index contributed by atoms with van der Waals surface area (Å²) >= 11 is 0. The first-order chi connectivity index (χ1) is 10.2. The van der Waals surface area contributed by atoms with E-state index in [1.54, 1.807) is 24.3 Å². The quantitative estimate of drug-likeness (QED) is 0.800. The van der Waals surface area contributed by atoms with Crippen molar-refractivity contribution in [1.29, 1.82) is 0 Å². The molecule has 2 aromatic carbocycles. The summed E-state index contributed by atoms with van der Waals surface area (Å²) in [5, 5.41) is 2.66. The summed E-state index contributed by atoms with van der Waals surface area (Å²) in [6.07, 6.45) is 1.34. The van der Waals surface area contributed by atoms with E-state index in [-0.39, 0.29) is 12.5 Å². The number of nitrogens with zero attached hydrogens (tertiary/aromatic N) is 1. The lowest BCUT2D eigenvalue weighted by molar-refractivity contribution is -0.118. The predicted molar refractivity (Wildman–Crippen MR) is 74.5 cm³/mol. The molecule has 0 aliphatic rings.